The summed E-state index contributed by atoms with van der Waals surface area (Å²) >= 11 is 5.49. The summed E-state index contributed by atoms with van der Waals surface area (Å²) in [5, 5.41) is 24.5. The Morgan fingerprint density at radius 3 is 2.08 bits per heavy atom. The van der Waals surface area contributed by atoms with Crippen LogP contribution in [0.25, 0.3) is 11.1 Å². The molecule has 0 heterocycles. The molecule has 6 nitrogen and oxygen atoms in total. The average Bonchev–Trinajstić information content (AvgIpc) is 2.68. The van der Waals surface area contributed by atoms with Gasteiger partial charge >= 0.3 is 0 Å². The summed E-state index contributed by atoms with van der Waals surface area (Å²) in [7, 11) is 0. The van der Waals surface area contributed by atoms with Crippen LogP contribution in [-0.4, -0.2) is 46.7 Å². The van der Waals surface area contributed by atoms with Gasteiger partial charge in [-0.1, -0.05) is 42.5 Å². The second-order valence-corrected chi connectivity index (χ2v) is 6.03. The van der Waals surface area contributed by atoms with E-state index >= 15 is 0 Å². The van der Waals surface area contributed by atoms with Crippen LogP contribution in [0.2, 0.25) is 0 Å². The van der Waals surface area contributed by atoms with E-state index in [1.807, 2.05) is 42.5 Å². The standard InChI is InChI=1S/C19H21ClN2O4/c20-11-4-12-21-18(25)16(23)17(24)19(26)22-15-9-7-14(8-10-15)13-5-2-1-3-6-13/h1-3,5-10,16-17,23-24H,4,11-12H2,(H,21,25)(H,22,26)/t16-,17-/m1/s1. The van der Waals surface area contributed by atoms with Gasteiger partial charge in [0.15, 0.2) is 12.2 Å². The number of halogens is 1. The number of alkyl halides is 1. The maximum Gasteiger partial charge on any atom is 0.256 e. The molecule has 0 radical (unpaired) electrons. The number of nitrogens with one attached hydrogen (secondary N) is 2. The van der Waals surface area contributed by atoms with E-state index in [1.165, 1.54) is 0 Å². The van der Waals surface area contributed by atoms with Crippen LogP contribution in [0, 0.1) is 0 Å². The smallest absolute Gasteiger partial charge is 0.256 e. The minimum atomic E-state index is -1.88. The van der Waals surface area contributed by atoms with Crippen molar-refractivity contribution in [3.63, 3.8) is 0 Å². The number of amides is 2. The molecule has 0 bridgehead atoms. The molecule has 7 heteroatoms. The van der Waals surface area contributed by atoms with Gasteiger partial charge in [-0.05, 0) is 29.7 Å². The quantitative estimate of drug-likeness (QED) is 0.416. The number of benzene rings is 2. The molecule has 2 amide bonds. The number of rotatable bonds is 8. The fourth-order valence-corrected chi connectivity index (χ4v) is 2.40. The monoisotopic (exact) mass is 376 g/mol. The summed E-state index contributed by atoms with van der Waals surface area (Å²) in [6.07, 6.45) is -3.20. The van der Waals surface area contributed by atoms with Crippen molar-refractivity contribution in [1.29, 1.82) is 0 Å². The van der Waals surface area contributed by atoms with Crippen molar-refractivity contribution in [2.24, 2.45) is 0 Å². The molecule has 0 aliphatic carbocycles. The van der Waals surface area contributed by atoms with E-state index in [0.29, 0.717) is 18.0 Å². The molecule has 0 spiro atoms. The first kappa shape index (κ1) is 19.9. The normalized spacial score (nSPS) is 12.9. The maximum absolute atomic E-state index is 12.0. The molecule has 4 N–H and O–H groups in total. The number of hydrogen-bond donors (Lipinski definition) is 4. The van der Waals surface area contributed by atoms with Gasteiger partial charge in [-0.15, -0.1) is 11.6 Å². The second kappa shape index (κ2) is 9.91. The highest BCUT2D eigenvalue weighted by atomic mass is 35.5. The zero-order chi connectivity index (χ0) is 18.9. The summed E-state index contributed by atoms with van der Waals surface area (Å²) in [6, 6.07) is 16.7. The van der Waals surface area contributed by atoms with E-state index in [9.17, 15) is 19.8 Å². The molecule has 0 unspecified atom stereocenters. The first-order valence-electron chi connectivity index (χ1n) is 8.19. The highest BCUT2D eigenvalue weighted by molar-refractivity contribution is 6.17. The van der Waals surface area contributed by atoms with Crippen LogP contribution in [0.3, 0.4) is 0 Å². The Bertz CT molecular complexity index is 722. The van der Waals surface area contributed by atoms with Crippen LogP contribution >= 0.6 is 11.6 Å². The molecule has 0 aromatic heterocycles. The minimum Gasteiger partial charge on any atom is -0.380 e. The van der Waals surface area contributed by atoms with Gasteiger partial charge in [0.05, 0.1) is 0 Å². The Labute approximate surface area is 156 Å². The lowest BCUT2D eigenvalue weighted by atomic mass is 10.1. The Morgan fingerprint density at radius 1 is 0.885 bits per heavy atom. The van der Waals surface area contributed by atoms with Crippen molar-refractivity contribution in [2.75, 3.05) is 17.7 Å². The molecule has 2 atom stereocenters. The van der Waals surface area contributed by atoms with Crippen LogP contribution in [-0.2, 0) is 9.59 Å². The minimum absolute atomic E-state index is 0.259. The zero-order valence-corrected chi connectivity index (χ0v) is 14.8. The summed E-state index contributed by atoms with van der Waals surface area (Å²) in [5.41, 5.74) is 2.46. The summed E-state index contributed by atoms with van der Waals surface area (Å²) in [6.45, 7) is 0.259. The average molecular weight is 377 g/mol. The van der Waals surface area contributed by atoms with Gasteiger partial charge < -0.3 is 20.8 Å². The maximum atomic E-state index is 12.0. The van der Waals surface area contributed by atoms with Gasteiger partial charge in [0.1, 0.15) is 0 Å². The van der Waals surface area contributed by atoms with Gasteiger partial charge in [-0.3, -0.25) is 9.59 Å². The van der Waals surface area contributed by atoms with Crippen molar-refractivity contribution in [1.82, 2.24) is 5.32 Å². The van der Waals surface area contributed by atoms with Crippen molar-refractivity contribution in [3.05, 3.63) is 54.6 Å². The molecular formula is C19H21ClN2O4. The first-order chi connectivity index (χ1) is 12.5. The molecule has 2 aromatic rings. The molecule has 0 aliphatic rings. The van der Waals surface area contributed by atoms with E-state index in [1.54, 1.807) is 12.1 Å². The van der Waals surface area contributed by atoms with Crippen molar-refractivity contribution < 1.29 is 19.8 Å². The summed E-state index contributed by atoms with van der Waals surface area (Å²) in [4.78, 5) is 23.7. The van der Waals surface area contributed by atoms with Crippen LogP contribution in [0.5, 0.6) is 0 Å². The molecule has 0 aliphatic heterocycles. The molecule has 0 saturated heterocycles. The van der Waals surface area contributed by atoms with Crippen LogP contribution in [0.15, 0.2) is 54.6 Å². The van der Waals surface area contributed by atoms with E-state index in [-0.39, 0.29) is 6.54 Å². The third-order valence-electron chi connectivity index (χ3n) is 3.71. The molecule has 0 fully saturated rings. The fourth-order valence-electron chi connectivity index (χ4n) is 2.26. The Kier molecular flexibility index (Phi) is 7.59. The van der Waals surface area contributed by atoms with E-state index in [0.717, 1.165) is 11.1 Å². The highest BCUT2D eigenvalue weighted by Gasteiger charge is 2.30. The molecular weight excluding hydrogens is 356 g/mol. The Morgan fingerprint density at radius 2 is 1.46 bits per heavy atom. The summed E-state index contributed by atoms with van der Waals surface area (Å²) < 4.78 is 0. The zero-order valence-electron chi connectivity index (χ0n) is 14.1. The third kappa shape index (κ3) is 5.56. The van der Waals surface area contributed by atoms with Gasteiger partial charge in [0.25, 0.3) is 11.8 Å². The van der Waals surface area contributed by atoms with Gasteiger partial charge in [-0.2, -0.15) is 0 Å². The second-order valence-electron chi connectivity index (χ2n) is 5.66. The van der Waals surface area contributed by atoms with Crippen LogP contribution in [0.4, 0.5) is 5.69 Å². The molecule has 0 saturated carbocycles. The van der Waals surface area contributed by atoms with E-state index in [4.69, 9.17) is 11.6 Å². The van der Waals surface area contributed by atoms with Gasteiger partial charge in [0, 0.05) is 18.1 Å². The number of carbonyl (C=O) groups excluding carboxylic acids is 2. The SMILES string of the molecule is O=C(NCCCCl)[C@H](O)[C@@H](O)C(=O)Nc1ccc(-c2ccccc2)cc1. The van der Waals surface area contributed by atoms with E-state index < -0.39 is 24.0 Å². The van der Waals surface area contributed by atoms with Crippen molar-refractivity contribution in [3.8, 4) is 11.1 Å². The predicted molar refractivity (Wildman–Crippen MR) is 101 cm³/mol. The fraction of sp³-hybridized carbons (Fsp3) is 0.263. The van der Waals surface area contributed by atoms with Gasteiger partial charge in [-0.25, -0.2) is 0 Å². The largest absolute Gasteiger partial charge is 0.380 e. The lowest BCUT2D eigenvalue weighted by Gasteiger charge is -2.17. The predicted octanol–water partition coefficient (Wildman–Crippen LogP) is 1.76. The number of hydrogen-bond acceptors (Lipinski definition) is 4. The topological polar surface area (TPSA) is 98.7 Å². The molecule has 2 rings (SSSR count). The number of anilines is 1. The first-order valence-corrected chi connectivity index (χ1v) is 8.72. The van der Waals surface area contributed by atoms with Gasteiger partial charge in [0.2, 0.25) is 0 Å². The highest BCUT2D eigenvalue weighted by Crippen LogP contribution is 2.21. The van der Waals surface area contributed by atoms with Crippen molar-refractivity contribution in [2.45, 2.75) is 18.6 Å². The molecule has 138 valence electrons. The van der Waals surface area contributed by atoms with Crippen LogP contribution in [0.1, 0.15) is 6.42 Å². The summed E-state index contributed by atoms with van der Waals surface area (Å²) in [5.74, 6) is -1.33. The van der Waals surface area contributed by atoms with Crippen molar-refractivity contribution >= 4 is 29.1 Å². The number of aliphatic hydroxyl groups excluding tert-OH is 2. The van der Waals surface area contributed by atoms with E-state index in [2.05, 4.69) is 10.6 Å². The molecule has 2 aromatic carbocycles. The molecule has 26 heavy (non-hydrogen) atoms. The lowest BCUT2D eigenvalue weighted by molar-refractivity contribution is -0.143. The Hall–Kier alpha value is -2.41. The van der Waals surface area contributed by atoms with Crippen LogP contribution < -0.4 is 10.6 Å². The lowest BCUT2D eigenvalue weighted by Crippen LogP contribution is -2.47. The Balaban J connectivity index is 1.93. The number of carbonyl (C=O) groups is 2. The third-order valence-corrected chi connectivity index (χ3v) is 3.97. The number of aliphatic hydroxyl groups is 2.